The Kier molecular flexibility index (Phi) is 3.47. The van der Waals surface area contributed by atoms with Crippen LogP contribution in [-0.2, 0) is 0 Å². The maximum absolute atomic E-state index is 6.20. The first-order chi connectivity index (χ1) is 10.8. The standard InChI is InChI=1S/C17H17ClN4/c18-12-5-6-14-13(10-12)17(15-4-3-7-19-15)20-11-16(21-14)22-8-1-2-9-22/h3-7,10,19H,1-2,8-9,11H2. The molecule has 0 spiro atoms. The number of amidine groups is 1. The van der Waals surface area contributed by atoms with Gasteiger partial charge in [-0.3, -0.25) is 4.99 Å². The number of benzene rings is 1. The van der Waals surface area contributed by atoms with Gasteiger partial charge in [-0.25, -0.2) is 4.99 Å². The molecule has 3 heterocycles. The quantitative estimate of drug-likeness (QED) is 0.858. The van der Waals surface area contributed by atoms with Crippen molar-refractivity contribution in [2.45, 2.75) is 12.8 Å². The van der Waals surface area contributed by atoms with Crippen LogP contribution in [0.4, 0.5) is 5.69 Å². The van der Waals surface area contributed by atoms with Crippen molar-refractivity contribution >= 4 is 28.8 Å². The zero-order valence-corrected chi connectivity index (χ0v) is 13.0. The lowest BCUT2D eigenvalue weighted by atomic mass is 10.1. The maximum Gasteiger partial charge on any atom is 0.127 e. The van der Waals surface area contributed by atoms with Gasteiger partial charge in [0.15, 0.2) is 0 Å². The van der Waals surface area contributed by atoms with Crippen LogP contribution in [0.25, 0.3) is 0 Å². The van der Waals surface area contributed by atoms with Crippen molar-refractivity contribution in [3.05, 3.63) is 52.8 Å². The second kappa shape index (κ2) is 5.61. The Balaban J connectivity index is 1.83. The first-order valence-electron chi connectivity index (χ1n) is 7.62. The number of nitrogens with one attached hydrogen (secondary N) is 1. The third kappa shape index (κ3) is 2.44. The maximum atomic E-state index is 6.20. The fraction of sp³-hybridized carbons (Fsp3) is 0.294. The van der Waals surface area contributed by atoms with Crippen molar-refractivity contribution in [3.63, 3.8) is 0 Å². The number of likely N-dealkylation sites (tertiary alicyclic amines) is 1. The average Bonchev–Trinajstić information content (AvgIpc) is 3.19. The molecule has 0 amide bonds. The summed E-state index contributed by atoms with van der Waals surface area (Å²) in [5.41, 5.74) is 3.86. The van der Waals surface area contributed by atoms with Gasteiger partial charge in [0, 0.05) is 29.9 Å². The number of aromatic nitrogens is 1. The molecular formula is C17H17ClN4. The molecule has 0 radical (unpaired) electrons. The molecule has 0 unspecified atom stereocenters. The van der Waals surface area contributed by atoms with Crippen molar-refractivity contribution in [2.75, 3.05) is 19.6 Å². The highest BCUT2D eigenvalue weighted by atomic mass is 35.5. The minimum Gasteiger partial charge on any atom is -0.360 e. The number of nitrogens with zero attached hydrogens (tertiary/aromatic N) is 3. The Morgan fingerprint density at radius 3 is 2.77 bits per heavy atom. The molecule has 4 nitrogen and oxygen atoms in total. The smallest absolute Gasteiger partial charge is 0.127 e. The summed E-state index contributed by atoms with van der Waals surface area (Å²) in [7, 11) is 0. The molecule has 112 valence electrons. The van der Waals surface area contributed by atoms with Crippen LogP contribution in [0.3, 0.4) is 0 Å². The van der Waals surface area contributed by atoms with Crippen LogP contribution in [0.15, 0.2) is 46.5 Å². The van der Waals surface area contributed by atoms with Gasteiger partial charge in [0.1, 0.15) is 5.84 Å². The van der Waals surface area contributed by atoms with Crippen molar-refractivity contribution in [2.24, 2.45) is 9.98 Å². The second-order valence-corrected chi connectivity index (χ2v) is 6.07. The van der Waals surface area contributed by atoms with Gasteiger partial charge in [-0.05, 0) is 43.2 Å². The van der Waals surface area contributed by atoms with Gasteiger partial charge in [-0.15, -0.1) is 0 Å². The molecule has 2 aliphatic heterocycles. The highest BCUT2D eigenvalue weighted by molar-refractivity contribution is 6.31. The van der Waals surface area contributed by atoms with Gasteiger partial charge >= 0.3 is 0 Å². The van der Waals surface area contributed by atoms with Crippen molar-refractivity contribution in [1.82, 2.24) is 9.88 Å². The topological polar surface area (TPSA) is 43.8 Å². The highest BCUT2D eigenvalue weighted by Crippen LogP contribution is 2.29. The van der Waals surface area contributed by atoms with Gasteiger partial charge in [0.2, 0.25) is 0 Å². The average molecular weight is 313 g/mol. The van der Waals surface area contributed by atoms with E-state index in [0.717, 1.165) is 41.6 Å². The molecule has 2 aromatic rings. The monoisotopic (exact) mass is 312 g/mol. The lowest BCUT2D eigenvalue weighted by Gasteiger charge is -2.17. The Morgan fingerprint density at radius 2 is 2.00 bits per heavy atom. The van der Waals surface area contributed by atoms with E-state index in [9.17, 15) is 0 Å². The third-order valence-electron chi connectivity index (χ3n) is 4.17. The normalized spacial score (nSPS) is 17.8. The zero-order chi connectivity index (χ0) is 14.9. The van der Waals surface area contributed by atoms with E-state index in [1.807, 2.05) is 36.5 Å². The lowest BCUT2D eigenvalue weighted by molar-refractivity contribution is 0.513. The van der Waals surface area contributed by atoms with Crippen molar-refractivity contribution < 1.29 is 0 Å². The minimum absolute atomic E-state index is 0.612. The summed E-state index contributed by atoms with van der Waals surface area (Å²) in [6.45, 7) is 2.77. The molecular weight excluding hydrogens is 296 g/mol. The largest absolute Gasteiger partial charge is 0.360 e. The van der Waals surface area contributed by atoms with Gasteiger partial charge in [0.05, 0.1) is 23.6 Å². The molecule has 0 aliphatic carbocycles. The van der Waals surface area contributed by atoms with Gasteiger partial charge in [-0.1, -0.05) is 11.6 Å². The second-order valence-electron chi connectivity index (χ2n) is 5.63. The molecule has 1 fully saturated rings. The predicted octanol–water partition coefficient (Wildman–Crippen LogP) is 3.64. The van der Waals surface area contributed by atoms with E-state index in [0.29, 0.717) is 11.6 Å². The molecule has 0 saturated carbocycles. The van der Waals surface area contributed by atoms with E-state index in [4.69, 9.17) is 21.6 Å². The van der Waals surface area contributed by atoms with Gasteiger partial charge < -0.3 is 9.88 Å². The van der Waals surface area contributed by atoms with E-state index in [-0.39, 0.29) is 0 Å². The Hall–Kier alpha value is -2.07. The Labute approximate surface area is 134 Å². The highest BCUT2D eigenvalue weighted by Gasteiger charge is 2.21. The van der Waals surface area contributed by atoms with Crippen LogP contribution < -0.4 is 0 Å². The van der Waals surface area contributed by atoms with Gasteiger partial charge in [0.25, 0.3) is 0 Å². The fourth-order valence-corrected chi connectivity index (χ4v) is 3.23. The summed E-state index contributed by atoms with van der Waals surface area (Å²) in [5.74, 6) is 1.06. The number of hydrogen-bond acceptors (Lipinski definition) is 3. The molecule has 5 heteroatoms. The summed E-state index contributed by atoms with van der Waals surface area (Å²) in [6.07, 6.45) is 4.38. The van der Waals surface area contributed by atoms with E-state index in [1.165, 1.54) is 12.8 Å². The van der Waals surface area contributed by atoms with Crippen LogP contribution in [0.5, 0.6) is 0 Å². The molecule has 22 heavy (non-hydrogen) atoms. The van der Waals surface area contributed by atoms with Gasteiger partial charge in [-0.2, -0.15) is 0 Å². The lowest BCUT2D eigenvalue weighted by Crippen LogP contribution is -2.29. The molecule has 1 aromatic carbocycles. The fourth-order valence-electron chi connectivity index (χ4n) is 3.06. The number of rotatable bonds is 1. The SMILES string of the molecule is Clc1ccc2c(c1)C(c1ccc[nH]1)=NCC(N1CCCC1)=N2. The number of aliphatic imine (C=N–C) groups is 2. The third-order valence-corrected chi connectivity index (χ3v) is 4.40. The van der Waals surface area contributed by atoms with Crippen molar-refractivity contribution in [3.8, 4) is 0 Å². The van der Waals surface area contributed by atoms with Crippen LogP contribution in [0.2, 0.25) is 5.02 Å². The molecule has 0 bridgehead atoms. The van der Waals surface area contributed by atoms with E-state index < -0.39 is 0 Å². The summed E-state index contributed by atoms with van der Waals surface area (Å²) in [6, 6.07) is 9.84. The van der Waals surface area contributed by atoms with E-state index in [1.54, 1.807) is 0 Å². The first kappa shape index (κ1) is 13.6. The number of fused-ring (bicyclic) bond motifs is 1. The Bertz CT molecular complexity index is 740. The predicted molar refractivity (Wildman–Crippen MR) is 90.7 cm³/mol. The van der Waals surface area contributed by atoms with Crippen LogP contribution in [-0.4, -0.2) is 41.1 Å². The molecule has 2 aliphatic rings. The van der Waals surface area contributed by atoms with E-state index >= 15 is 0 Å². The van der Waals surface area contributed by atoms with E-state index in [2.05, 4.69) is 9.88 Å². The van der Waals surface area contributed by atoms with Crippen molar-refractivity contribution in [1.29, 1.82) is 0 Å². The summed E-state index contributed by atoms with van der Waals surface area (Å²) >= 11 is 6.20. The first-order valence-corrected chi connectivity index (χ1v) is 8.00. The minimum atomic E-state index is 0.612. The Morgan fingerprint density at radius 1 is 1.14 bits per heavy atom. The number of hydrogen-bond donors (Lipinski definition) is 1. The molecule has 1 N–H and O–H groups in total. The summed E-state index contributed by atoms with van der Waals surface area (Å²) in [4.78, 5) is 15.3. The zero-order valence-electron chi connectivity index (χ0n) is 12.2. The summed E-state index contributed by atoms with van der Waals surface area (Å²) in [5, 5.41) is 0.706. The number of H-pyrrole nitrogens is 1. The molecule has 1 saturated heterocycles. The number of aromatic amines is 1. The van der Waals surface area contributed by atoms with Crippen LogP contribution in [0.1, 0.15) is 24.1 Å². The van der Waals surface area contributed by atoms with Crippen LogP contribution in [0, 0.1) is 0 Å². The van der Waals surface area contributed by atoms with Crippen LogP contribution >= 0.6 is 11.6 Å². The molecule has 4 rings (SSSR count). The summed E-state index contributed by atoms with van der Waals surface area (Å²) < 4.78 is 0. The molecule has 0 atom stereocenters. The molecule has 1 aromatic heterocycles. The number of halogens is 1.